The van der Waals surface area contributed by atoms with Crippen LogP contribution in [0.25, 0.3) is 0 Å². The summed E-state index contributed by atoms with van der Waals surface area (Å²) in [6.07, 6.45) is 1.65. The molecule has 2 aromatic heterocycles. The number of hydrogen-bond acceptors (Lipinski definition) is 7. The van der Waals surface area contributed by atoms with Crippen molar-refractivity contribution in [3.8, 4) is 6.07 Å². The molecule has 0 spiro atoms. The summed E-state index contributed by atoms with van der Waals surface area (Å²) < 4.78 is 5.32. The quantitative estimate of drug-likeness (QED) is 0.889. The molecule has 0 aromatic carbocycles. The van der Waals surface area contributed by atoms with Gasteiger partial charge in [-0.15, -0.1) is 0 Å². The summed E-state index contributed by atoms with van der Waals surface area (Å²) in [5.41, 5.74) is 1.43. The largest absolute Gasteiger partial charge is 0.371 e. The Morgan fingerprint density at radius 1 is 1.28 bits per heavy atom. The fraction of sp³-hybridized carbons (Fsp3) is 0.500. The van der Waals surface area contributed by atoms with Crippen LogP contribution in [0.1, 0.15) is 37.1 Å². The number of aliphatic hydroxyl groups excluding tert-OH is 1. The number of rotatable bonds is 5. The van der Waals surface area contributed by atoms with Gasteiger partial charge in [0.15, 0.2) is 12.0 Å². The van der Waals surface area contributed by atoms with E-state index in [0.717, 1.165) is 31.0 Å². The maximum Gasteiger partial charge on any atom is 0.180 e. The molecule has 1 saturated heterocycles. The van der Waals surface area contributed by atoms with Crippen LogP contribution in [0, 0.1) is 17.2 Å². The van der Waals surface area contributed by atoms with Crippen LogP contribution in [-0.4, -0.2) is 46.3 Å². The highest BCUT2D eigenvalue weighted by molar-refractivity contribution is 5.42. The molecule has 0 radical (unpaired) electrons. The van der Waals surface area contributed by atoms with Crippen LogP contribution < -0.4 is 4.90 Å². The second-order valence-corrected chi connectivity index (χ2v) is 6.73. The summed E-state index contributed by atoms with van der Waals surface area (Å²) in [4.78, 5) is 8.45. The maximum atomic E-state index is 10.5. The monoisotopic (exact) mass is 341 g/mol. The van der Waals surface area contributed by atoms with Crippen molar-refractivity contribution >= 4 is 5.82 Å². The Bertz CT molecular complexity index is 727. The highest BCUT2D eigenvalue weighted by Gasteiger charge is 2.26. The van der Waals surface area contributed by atoms with Crippen molar-refractivity contribution in [1.29, 1.82) is 5.26 Å². The molecule has 1 N–H and O–H groups in total. The minimum Gasteiger partial charge on any atom is -0.371 e. The van der Waals surface area contributed by atoms with Crippen molar-refractivity contribution < 1.29 is 9.63 Å². The first kappa shape index (κ1) is 17.4. The normalized spacial score (nSPS) is 16.8. The number of hydrogen-bond donors (Lipinski definition) is 1. The van der Waals surface area contributed by atoms with E-state index in [-0.39, 0.29) is 0 Å². The van der Waals surface area contributed by atoms with E-state index in [1.54, 1.807) is 12.3 Å². The van der Waals surface area contributed by atoms with Crippen molar-refractivity contribution in [3.63, 3.8) is 0 Å². The van der Waals surface area contributed by atoms with Gasteiger partial charge < -0.3 is 14.5 Å². The SMILES string of the molecule is CC(C)Cc1cc(C(O)N2CCN(c3ccc(C#N)cn3)CC2)on1. The maximum absolute atomic E-state index is 10.5. The highest BCUT2D eigenvalue weighted by atomic mass is 16.5. The number of nitrogens with zero attached hydrogens (tertiary/aromatic N) is 5. The van der Waals surface area contributed by atoms with Crippen LogP contribution in [0.15, 0.2) is 28.9 Å². The standard InChI is InChI=1S/C18H23N5O2/c1-13(2)9-15-10-16(25-21-15)18(24)23-7-5-22(6-8-23)17-4-3-14(11-19)12-20-17/h3-4,10,12-13,18,24H,5-9H2,1-2H3. The van der Waals surface area contributed by atoms with E-state index < -0.39 is 6.23 Å². The summed E-state index contributed by atoms with van der Waals surface area (Å²) in [6.45, 7) is 7.15. The Balaban J connectivity index is 1.57. The Labute approximate surface area is 147 Å². The van der Waals surface area contributed by atoms with Gasteiger partial charge in [0.2, 0.25) is 0 Å². The van der Waals surface area contributed by atoms with Crippen molar-refractivity contribution in [1.82, 2.24) is 15.0 Å². The van der Waals surface area contributed by atoms with Crippen molar-refractivity contribution in [3.05, 3.63) is 41.4 Å². The lowest BCUT2D eigenvalue weighted by Crippen LogP contribution is -2.47. The molecule has 0 amide bonds. The van der Waals surface area contributed by atoms with Crippen LogP contribution >= 0.6 is 0 Å². The summed E-state index contributed by atoms with van der Waals surface area (Å²) in [5, 5.41) is 23.4. The number of nitriles is 1. The smallest absolute Gasteiger partial charge is 0.180 e. The summed E-state index contributed by atoms with van der Waals surface area (Å²) in [7, 11) is 0. The van der Waals surface area contributed by atoms with E-state index in [2.05, 4.69) is 35.0 Å². The van der Waals surface area contributed by atoms with E-state index in [1.165, 1.54) is 0 Å². The van der Waals surface area contributed by atoms with Crippen LogP contribution in [-0.2, 0) is 6.42 Å². The van der Waals surface area contributed by atoms with E-state index in [9.17, 15) is 5.11 Å². The van der Waals surface area contributed by atoms with Crippen LogP contribution in [0.2, 0.25) is 0 Å². The molecule has 7 nitrogen and oxygen atoms in total. The zero-order valence-electron chi connectivity index (χ0n) is 14.6. The Morgan fingerprint density at radius 2 is 2.04 bits per heavy atom. The minimum atomic E-state index is -0.774. The number of pyridine rings is 1. The minimum absolute atomic E-state index is 0.499. The van der Waals surface area contributed by atoms with Gasteiger partial charge in [-0.2, -0.15) is 5.26 Å². The molecule has 1 fully saturated rings. The van der Waals surface area contributed by atoms with Crippen LogP contribution in [0.3, 0.4) is 0 Å². The zero-order valence-corrected chi connectivity index (χ0v) is 14.6. The predicted octanol–water partition coefficient (Wildman–Crippen LogP) is 1.95. The first-order valence-electron chi connectivity index (χ1n) is 8.55. The third-order valence-electron chi connectivity index (χ3n) is 4.31. The van der Waals surface area contributed by atoms with E-state index in [1.807, 2.05) is 17.0 Å². The van der Waals surface area contributed by atoms with Gasteiger partial charge in [-0.05, 0) is 24.5 Å². The number of aromatic nitrogens is 2. The van der Waals surface area contributed by atoms with Gasteiger partial charge >= 0.3 is 0 Å². The molecule has 0 bridgehead atoms. The molecule has 1 unspecified atom stereocenters. The van der Waals surface area contributed by atoms with E-state index >= 15 is 0 Å². The molecule has 2 aromatic rings. The molecule has 0 saturated carbocycles. The van der Waals surface area contributed by atoms with Crippen molar-refractivity contribution in [2.45, 2.75) is 26.5 Å². The Morgan fingerprint density at radius 3 is 2.64 bits per heavy atom. The molecule has 25 heavy (non-hydrogen) atoms. The second kappa shape index (κ2) is 7.64. The summed E-state index contributed by atoms with van der Waals surface area (Å²) in [5.74, 6) is 1.85. The highest BCUT2D eigenvalue weighted by Crippen LogP contribution is 2.23. The van der Waals surface area contributed by atoms with Crippen molar-refractivity contribution in [2.75, 3.05) is 31.1 Å². The van der Waals surface area contributed by atoms with Gasteiger partial charge in [-0.25, -0.2) is 4.98 Å². The Hall–Kier alpha value is -2.43. The van der Waals surface area contributed by atoms with Crippen LogP contribution in [0.5, 0.6) is 0 Å². The number of aliphatic hydroxyl groups is 1. The van der Waals surface area contributed by atoms with E-state index in [0.29, 0.717) is 30.3 Å². The molecular weight excluding hydrogens is 318 g/mol. The topological polar surface area (TPSA) is 89.4 Å². The third kappa shape index (κ3) is 4.16. The van der Waals surface area contributed by atoms with Crippen LogP contribution in [0.4, 0.5) is 5.82 Å². The predicted molar refractivity (Wildman–Crippen MR) is 92.7 cm³/mol. The number of piperazine rings is 1. The lowest BCUT2D eigenvalue weighted by molar-refractivity contribution is -0.0205. The van der Waals surface area contributed by atoms with Gasteiger partial charge in [-0.3, -0.25) is 4.90 Å². The van der Waals surface area contributed by atoms with Gasteiger partial charge in [0, 0.05) is 38.4 Å². The second-order valence-electron chi connectivity index (χ2n) is 6.73. The first-order valence-corrected chi connectivity index (χ1v) is 8.55. The fourth-order valence-electron chi connectivity index (χ4n) is 2.98. The lowest BCUT2D eigenvalue weighted by atomic mass is 10.1. The third-order valence-corrected chi connectivity index (χ3v) is 4.31. The molecular formula is C18H23N5O2. The summed E-state index contributed by atoms with van der Waals surface area (Å²) >= 11 is 0. The molecule has 132 valence electrons. The van der Waals surface area contributed by atoms with Crippen molar-refractivity contribution in [2.24, 2.45) is 5.92 Å². The molecule has 1 aliphatic rings. The molecule has 0 aliphatic carbocycles. The zero-order chi connectivity index (χ0) is 17.8. The van der Waals surface area contributed by atoms with Gasteiger partial charge in [0.05, 0.1) is 11.3 Å². The molecule has 1 atom stereocenters. The molecule has 1 aliphatic heterocycles. The molecule has 7 heteroatoms. The fourth-order valence-corrected chi connectivity index (χ4v) is 2.98. The molecule has 3 heterocycles. The average Bonchev–Trinajstić information content (AvgIpc) is 3.09. The number of anilines is 1. The Kier molecular flexibility index (Phi) is 5.31. The average molecular weight is 341 g/mol. The molecule has 3 rings (SSSR count). The first-order chi connectivity index (χ1) is 12.1. The lowest BCUT2D eigenvalue weighted by Gasteiger charge is -2.36. The summed E-state index contributed by atoms with van der Waals surface area (Å²) in [6, 6.07) is 7.55. The van der Waals surface area contributed by atoms with E-state index in [4.69, 9.17) is 9.78 Å². The van der Waals surface area contributed by atoms with Gasteiger partial charge in [-0.1, -0.05) is 19.0 Å². The van der Waals surface area contributed by atoms with Gasteiger partial charge in [0.1, 0.15) is 11.9 Å². The van der Waals surface area contributed by atoms with Gasteiger partial charge in [0.25, 0.3) is 0 Å².